The van der Waals surface area contributed by atoms with Gasteiger partial charge in [-0.3, -0.25) is 4.79 Å². The summed E-state index contributed by atoms with van der Waals surface area (Å²) in [4.78, 5) is 23.9. The van der Waals surface area contributed by atoms with Crippen molar-refractivity contribution in [2.45, 2.75) is 6.92 Å². The van der Waals surface area contributed by atoms with Crippen LogP contribution in [0.3, 0.4) is 0 Å². The molecule has 0 saturated carbocycles. The Morgan fingerprint density at radius 2 is 2.00 bits per heavy atom. The second-order valence-corrected chi connectivity index (χ2v) is 4.48. The van der Waals surface area contributed by atoms with Crippen LogP contribution < -0.4 is 10.1 Å². The van der Waals surface area contributed by atoms with E-state index in [1.807, 2.05) is 0 Å². The fourth-order valence-corrected chi connectivity index (χ4v) is 2.11. The number of esters is 1. The Labute approximate surface area is 121 Å². The third-order valence-corrected chi connectivity index (χ3v) is 3.09. The third kappa shape index (κ3) is 2.45. The first-order chi connectivity index (χ1) is 10.2. The number of ether oxygens (including phenoxy) is 2. The van der Waals surface area contributed by atoms with Crippen LogP contribution in [-0.4, -0.2) is 18.5 Å². The summed E-state index contributed by atoms with van der Waals surface area (Å²) in [5.74, 6) is 0.264. The molecule has 1 heterocycles. The van der Waals surface area contributed by atoms with Crippen LogP contribution in [0.4, 0.5) is 5.69 Å². The predicted octanol–water partition coefficient (Wildman–Crippen LogP) is 3.22. The monoisotopic (exact) mass is 283 g/mol. The number of anilines is 1. The minimum absolute atomic E-state index is 0.273. The first kappa shape index (κ1) is 13.2. The van der Waals surface area contributed by atoms with Crippen molar-refractivity contribution in [1.29, 1.82) is 0 Å². The Kier molecular flexibility index (Phi) is 3.31. The first-order valence-electron chi connectivity index (χ1n) is 6.58. The molecule has 0 fully saturated rings. The molecule has 0 spiro atoms. The van der Waals surface area contributed by atoms with Gasteiger partial charge >= 0.3 is 5.97 Å². The van der Waals surface area contributed by atoms with Crippen LogP contribution in [0.5, 0.6) is 11.5 Å². The highest BCUT2D eigenvalue weighted by molar-refractivity contribution is 6.08. The highest BCUT2D eigenvalue weighted by atomic mass is 16.5. The zero-order chi connectivity index (χ0) is 14.8. The van der Waals surface area contributed by atoms with Gasteiger partial charge in [0, 0.05) is 0 Å². The molecule has 0 unspecified atom stereocenters. The molecule has 0 saturated heterocycles. The summed E-state index contributed by atoms with van der Waals surface area (Å²) < 4.78 is 10.7. The number of fused-ring (bicyclic) bond motifs is 2. The van der Waals surface area contributed by atoms with E-state index < -0.39 is 5.97 Å². The van der Waals surface area contributed by atoms with Crippen molar-refractivity contribution in [3.8, 4) is 11.5 Å². The van der Waals surface area contributed by atoms with Gasteiger partial charge in [-0.25, -0.2) is 4.79 Å². The van der Waals surface area contributed by atoms with Crippen LogP contribution in [0.2, 0.25) is 0 Å². The standard InChI is InChI=1S/C16H13NO4/c1-2-20-16(19)10-7-8-14-12(9-10)17-15(18)11-5-3-4-6-13(11)21-14/h3-9H,2H2,1H3,(H,17,18). The van der Waals surface area contributed by atoms with E-state index in [1.54, 1.807) is 49.4 Å². The Bertz CT molecular complexity index is 724. The molecule has 0 atom stereocenters. The van der Waals surface area contributed by atoms with Crippen molar-refractivity contribution in [1.82, 2.24) is 0 Å². The quantitative estimate of drug-likeness (QED) is 0.859. The first-order valence-corrected chi connectivity index (χ1v) is 6.58. The van der Waals surface area contributed by atoms with Crippen molar-refractivity contribution in [3.05, 3.63) is 53.6 Å². The molecular formula is C16H13NO4. The molecule has 0 aromatic heterocycles. The van der Waals surface area contributed by atoms with Gasteiger partial charge in [0.2, 0.25) is 0 Å². The van der Waals surface area contributed by atoms with Gasteiger partial charge in [-0.05, 0) is 37.3 Å². The molecular weight excluding hydrogens is 270 g/mol. The number of para-hydroxylation sites is 1. The largest absolute Gasteiger partial charge is 0.462 e. The van der Waals surface area contributed by atoms with Gasteiger partial charge in [0.15, 0.2) is 5.75 Å². The minimum Gasteiger partial charge on any atom is -0.462 e. The fraction of sp³-hybridized carbons (Fsp3) is 0.125. The third-order valence-electron chi connectivity index (χ3n) is 3.09. The van der Waals surface area contributed by atoms with E-state index in [2.05, 4.69) is 5.32 Å². The van der Waals surface area contributed by atoms with Crippen molar-refractivity contribution in [3.63, 3.8) is 0 Å². The average molecular weight is 283 g/mol. The number of hydrogen-bond donors (Lipinski definition) is 1. The van der Waals surface area contributed by atoms with E-state index in [4.69, 9.17) is 9.47 Å². The highest BCUT2D eigenvalue weighted by Gasteiger charge is 2.21. The molecule has 0 aliphatic carbocycles. The lowest BCUT2D eigenvalue weighted by Gasteiger charge is -2.09. The number of carbonyl (C=O) groups excluding carboxylic acids is 2. The Hall–Kier alpha value is -2.82. The summed E-state index contributed by atoms with van der Waals surface area (Å²) in [6.45, 7) is 2.03. The van der Waals surface area contributed by atoms with E-state index in [0.717, 1.165) is 0 Å². The van der Waals surface area contributed by atoms with Crippen LogP contribution in [0.15, 0.2) is 42.5 Å². The molecule has 2 aromatic rings. The summed E-state index contributed by atoms with van der Waals surface area (Å²) in [6.07, 6.45) is 0. The normalized spacial score (nSPS) is 12.3. The molecule has 1 amide bonds. The van der Waals surface area contributed by atoms with Crippen LogP contribution in [0.1, 0.15) is 27.6 Å². The second kappa shape index (κ2) is 5.28. The Morgan fingerprint density at radius 3 is 2.81 bits per heavy atom. The van der Waals surface area contributed by atoms with Gasteiger partial charge in [0.1, 0.15) is 5.75 Å². The van der Waals surface area contributed by atoms with Gasteiger partial charge in [-0.2, -0.15) is 0 Å². The zero-order valence-electron chi connectivity index (χ0n) is 11.4. The lowest BCUT2D eigenvalue weighted by atomic mass is 10.1. The van der Waals surface area contributed by atoms with Crippen molar-refractivity contribution >= 4 is 17.6 Å². The molecule has 21 heavy (non-hydrogen) atoms. The lowest BCUT2D eigenvalue weighted by Crippen LogP contribution is -2.11. The molecule has 5 nitrogen and oxygen atoms in total. The predicted molar refractivity (Wildman–Crippen MR) is 76.9 cm³/mol. The van der Waals surface area contributed by atoms with Crippen LogP contribution in [0, 0.1) is 0 Å². The SMILES string of the molecule is CCOC(=O)c1ccc2c(c1)NC(=O)c1ccccc1O2. The van der Waals surface area contributed by atoms with Gasteiger partial charge in [0.05, 0.1) is 23.4 Å². The number of hydrogen-bond acceptors (Lipinski definition) is 4. The van der Waals surface area contributed by atoms with Gasteiger partial charge in [-0.1, -0.05) is 12.1 Å². The van der Waals surface area contributed by atoms with Crippen LogP contribution >= 0.6 is 0 Å². The summed E-state index contributed by atoms with van der Waals surface area (Å²) >= 11 is 0. The number of benzene rings is 2. The summed E-state index contributed by atoms with van der Waals surface area (Å²) in [5, 5.41) is 2.74. The van der Waals surface area contributed by atoms with Gasteiger partial charge < -0.3 is 14.8 Å². The fourth-order valence-electron chi connectivity index (χ4n) is 2.11. The zero-order valence-corrected chi connectivity index (χ0v) is 11.4. The van der Waals surface area contributed by atoms with E-state index in [-0.39, 0.29) is 5.91 Å². The van der Waals surface area contributed by atoms with Crippen molar-refractivity contribution in [2.24, 2.45) is 0 Å². The molecule has 1 aliphatic rings. The van der Waals surface area contributed by atoms with E-state index in [9.17, 15) is 9.59 Å². The van der Waals surface area contributed by atoms with Crippen molar-refractivity contribution < 1.29 is 19.1 Å². The maximum atomic E-state index is 12.2. The average Bonchev–Trinajstić information content (AvgIpc) is 2.63. The molecule has 1 N–H and O–H groups in total. The maximum absolute atomic E-state index is 12.2. The number of rotatable bonds is 2. The molecule has 2 aromatic carbocycles. The molecule has 0 radical (unpaired) electrons. The topological polar surface area (TPSA) is 64.6 Å². The highest BCUT2D eigenvalue weighted by Crippen LogP contribution is 2.36. The van der Waals surface area contributed by atoms with Crippen LogP contribution in [0.25, 0.3) is 0 Å². The second-order valence-electron chi connectivity index (χ2n) is 4.48. The van der Waals surface area contributed by atoms with Crippen molar-refractivity contribution in [2.75, 3.05) is 11.9 Å². The number of amides is 1. The smallest absolute Gasteiger partial charge is 0.338 e. The molecule has 106 valence electrons. The minimum atomic E-state index is -0.434. The number of nitrogens with one attached hydrogen (secondary N) is 1. The molecule has 5 heteroatoms. The van der Waals surface area contributed by atoms with Crippen LogP contribution in [-0.2, 0) is 4.74 Å². The van der Waals surface area contributed by atoms with Gasteiger partial charge in [0.25, 0.3) is 5.91 Å². The van der Waals surface area contributed by atoms with E-state index in [1.165, 1.54) is 0 Å². The Morgan fingerprint density at radius 1 is 1.19 bits per heavy atom. The molecule has 3 rings (SSSR count). The maximum Gasteiger partial charge on any atom is 0.338 e. The summed E-state index contributed by atoms with van der Waals surface area (Å²) in [5.41, 5.74) is 1.26. The number of carbonyl (C=O) groups is 2. The lowest BCUT2D eigenvalue weighted by molar-refractivity contribution is 0.0526. The van der Waals surface area contributed by atoms with Gasteiger partial charge in [-0.15, -0.1) is 0 Å². The van der Waals surface area contributed by atoms with E-state index in [0.29, 0.717) is 34.9 Å². The summed E-state index contributed by atoms with van der Waals surface area (Å²) in [6, 6.07) is 11.8. The summed E-state index contributed by atoms with van der Waals surface area (Å²) in [7, 11) is 0. The van der Waals surface area contributed by atoms with E-state index >= 15 is 0 Å². The molecule has 1 aliphatic heterocycles. The Balaban J connectivity index is 2.00. The molecule has 0 bridgehead atoms.